The van der Waals surface area contributed by atoms with Crippen LogP contribution in [-0.2, 0) is 9.53 Å². The van der Waals surface area contributed by atoms with E-state index >= 15 is 0 Å². The summed E-state index contributed by atoms with van der Waals surface area (Å²) in [7, 11) is 0. The number of fused-ring (bicyclic) bond motifs is 1. The molecule has 2 aromatic heterocycles. The molecule has 0 saturated carbocycles. The van der Waals surface area contributed by atoms with Crippen LogP contribution in [-0.4, -0.2) is 33.4 Å². The minimum absolute atomic E-state index is 0.341. The van der Waals surface area contributed by atoms with E-state index in [1.165, 1.54) is 5.56 Å². The van der Waals surface area contributed by atoms with Crippen molar-refractivity contribution in [3.8, 4) is 11.4 Å². The van der Waals surface area contributed by atoms with Gasteiger partial charge < -0.3 is 15.0 Å². The molecule has 144 valence electrons. The predicted octanol–water partition coefficient (Wildman–Crippen LogP) is 3.73. The van der Waals surface area contributed by atoms with Gasteiger partial charge in [0.25, 0.3) is 5.91 Å². The van der Waals surface area contributed by atoms with Gasteiger partial charge in [-0.05, 0) is 37.3 Å². The summed E-state index contributed by atoms with van der Waals surface area (Å²) in [5.74, 6) is -0.278. The van der Waals surface area contributed by atoms with E-state index in [-0.39, 0.29) is 6.61 Å². The van der Waals surface area contributed by atoms with Gasteiger partial charge in [-0.1, -0.05) is 29.8 Å². The summed E-state index contributed by atoms with van der Waals surface area (Å²) < 4.78 is 5.11. The van der Waals surface area contributed by atoms with Gasteiger partial charge in [0.05, 0.1) is 16.6 Å². The van der Waals surface area contributed by atoms with Gasteiger partial charge in [0.2, 0.25) is 0 Å². The van der Waals surface area contributed by atoms with Gasteiger partial charge in [-0.25, -0.2) is 9.78 Å². The van der Waals surface area contributed by atoms with Crippen molar-refractivity contribution in [2.45, 2.75) is 6.92 Å². The lowest BCUT2D eigenvalue weighted by Crippen LogP contribution is -2.20. The number of esters is 1. The van der Waals surface area contributed by atoms with E-state index < -0.39 is 11.9 Å². The number of rotatable bonds is 5. The number of nitrogens with one attached hydrogen (secondary N) is 2. The van der Waals surface area contributed by atoms with Crippen LogP contribution in [0.2, 0.25) is 0 Å². The average Bonchev–Trinajstić information content (AvgIpc) is 3.16. The molecule has 1 amide bonds. The number of aromatic amines is 1. The van der Waals surface area contributed by atoms with Crippen LogP contribution in [0.25, 0.3) is 22.4 Å². The second-order valence-electron chi connectivity index (χ2n) is 6.54. The first-order valence-corrected chi connectivity index (χ1v) is 9.02. The number of hydrogen-bond donors (Lipinski definition) is 2. The van der Waals surface area contributed by atoms with Crippen LogP contribution in [0.4, 0.5) is 5.69 Å². The SMILES string of the molecule is Cc1ccc(-c2nc3ccc(C(=O)OCC(=O)Nc4ccncc4)cc3[nH]2)cc1. The van der Waals surface area contributed by atoms with Gasteiger partial charge >= 0.3 is 5.97 Å². The molecule has 0 saturated heterocycles. The molecule has 0 aliphatic rings. The van der Waals surface area contributed by atoms with Crippen molar-refractivity contribution in [1.29, 1.82) is 0 Å². The molecular formula is C22H18N4O3. The number of nitrogens with zero attached hydrogens (tertiary/aromatic N) is 2. The Bertz CT molecular complexity index is 1170. The zero-order valence-electron chi connectivity index (χ0n) is 15.7. The number of aryl methyl sites for hydroxylation is 1. The number of carbonyl (C=O) groups excluding carboxylic acids is 2. The molecule has 0 aliphatic heterocycles. The molecule has 2 aromatic carbocycles. The van der Waals surface area contributed by atoms with Crippen LogP contribution >= 0.6 is 0 Å². The Morgan fingerprint density at radius 3 is 2.55 bits per heavy atom. The Morgan fingerprint density at radius 2 is 1.79 bits per heavy atom. The van der Waals surface area contributed by atoms with Crippen molar-refractivity contribution in [1.82, 2.24) is 15.0 Å². The number of amides is 1. The fourth-order valence-electron chi connectivity index (χ4n) is 2.83. The number of pyridine rings is 1. The summed E-state index contributed by atoms with van der Waals surface area (Å²) in [4.78, 5) is 35.9. The van der Waals surface area contributed by atoms with Gasteiger partial charge in [0.15, 0.2) is 6.61 Å². The lowest BCUT2D eigenvalue weighted by molar-refractivity contribution is -0.119. The van der Waals surface area contributed by atoms with E-state index in [1.807, 2.05) is 31.2 Å². The number of anilines is 1. The number of aromatic nitrogens is 3. The fraction of sp³-hybridized carbons (Fsp3) is 0.0909. The van der Waals surface area contributed by atoms with Crippen LogP contribution in [0, 0.1) is 6.92 Å². The molecule has 0 aliphatic carbocycles. The highest BCUT2D eigenvalue weighted by atomic mass is 16.5. The molecule has 0 unspecified atom stereocenters. The van der Waals surface area contributed by atoms with Gasteiger partial charge in [-0.3, -0.25) is 9.78 Å². The van der Waals surface area contributed by atoms with E-state index in [2.05, 4.69) is 20.3 Å². The van der Waals surface area contributed by atoms with Gasteiger partial charge in [-0.2, -0.15) is 0 Å². The molecule has 29 heavy (non-hydrogen) atoms. The second kappa shape index (κ2) is 7.93. The monoisotopic (exact) mass is 386 g/mol. The first-order chi connectivity index (χ1) is 14.1. The quantitative estimate of drug-likeness (QED) is 0.510. The Morgan fingerprint density at radius 1 is 1.03 bits per heavy atom. The Labute approximate surface area is 166 Å². The molecule has 7 nitrogen and oxygen atoms in total. The minimum atomic E-state index is -0.580. The number of imidazole rings is 1. The van der Waals surface area contributed by atoms with Crippen LogP contribution in [0.1, 0.15) is 15.9 Å². The van der Waals surface area contributed by atoms with Crippen molar-refractivity contribution < 1.29 is 14.3 Å². The van der Waals surface area contributed by atoms with Crippen molar-refractivity contribution in [3.63, 3.8) is 0 Å². The smallest absolute Gasteiger partial charge is 0.338 e. The topological polar surface area (TPSA) is 97.0 Å². The third kappa shape index (κ3) is 4.30. The summed E-state index contributed by atoms with van der Waals surface area (Å²) in [6.07, 6.45) is 3.12. The summed E-state index contributed by atoms with van der Waals surface area (Å²) >= 11 is 0. The van der Waals surface area contributed by atoms with E-state index in [0.29, 0.717) is 11.3 Å². The van der Waals surface area contributed by atoms with Crippen LogP contribution < -0.4 is 5.32 Å². The molecule has 4 aromatic rings. The molecule has 0 atom stereocenters. The minimum Gasteiger partial charge on any atom is -0.452 e. The maximum atomic E-state index is 12.3. The van der Waals surface area contributed by atoms with E-state index in [9.17, 15) is 9.59 Å². The molecule has 0 spiro atoms. The number of carbonyl (C=O) groups is 2. The number of H-pyrrole nitrogens is 1. The lowest BCUT2D eigenvalue weighted by atomic mass is 10.1. The molecule has 7 heteroatoms. The third-order valence-corrected chi connectivity index (χ3v) is 4.34. The van der Waals surface area contributed by atoms with Crippen molar-refractivity contribution >= 4 is 28.6 Å². The van der Waals surface area contributed by atoms with Crippen LogP contribution in [0.15, 0.2) is 67.0 Å². The molecule has 0 fully saturated rings. The van der Waals surface area contributed by atoms with Crippen LogP contribution in [0.5, 0.6) is 0 Å². The molecular weight excluding hydrogens is 368 g/mol. The summed E-state index contributed by atoms with van der Waals surface area (Å²) in [6.45, 7) is 1.65. The maximum absolute atomic E-state index is 12.3. The molecule has 2 N–H and O–H groups in total. The van der Waals surface area contributed by atoms with E-state index in [0.717, 1.165) is 22.4 Å². The summed E-state index contributed by atoms with van der Waals surface area (Å²) in [5.41, 5.74) is 4.52. The zero-order valence-corrected chi connectivity index (χ0v) is 15.7. The Hall–Kier alpha value is -4.00. The molecule has 4 rings (SSSR count). The fourth-order valence-corrected chi connectivity index (χ4v) is 2.83. The van der Waals surface area contributed by atoms with E-state index in [1.54, 1.807) is 42.7 Å². The normalized spacial score (nSPS) is 10.7. The largest absolute Gasteiger partial charge is 0.452 e. The first-order valence-electron chi connectivity index (χ1n) is 9.02. The number of benzene rings is 2. The van der Waals surface area contributed by atoms with Crippen molar-refractivity contribution in [2.75, 3.05) is 11.9 Å². The standard InChI is InChI=1S/C22H18N4O3/c1-14-2-4-15(5-3-14)21-25-18-7-6-16(12-19(18)26-21)22(28)29-13-20(27)24-17-8-10-23-11-9-17/h2-12H,13H2,1H3,(H,25,26)(H,23,24,27). The Kier molecular flexibility index (Phi) is 5.03. The molecule has 0 radical (unpaired) electrons. The van der Waals surface area contributed by atoms with Crippen LogP contribution in [0.3, 0.4) is 0 Å². The van der Waals surface area contributed by atoms with Gasteiger partial charge in [-0.15, -0.1) is 0 Å². The highest BCUT2D eigenvalue weighted by molar-refractivity contribution is 5.97. The van der Waals surface area contributed by atoms with E-state index in [4.69, 9.17) is 4.74 Å². The Balaban J connectivity index is 1.44. The van der Waals surface area contributed by atoms with Crippen molar-refractivity contribution in [3.05, 3.63) is 78.1 Å². The van der Waals surface area contributed by atoms with Gasteiger partial charge in [0, 0.05) is 23.6 Å². The number of ether oxygens (including phenoxy) is 1. The molecule has 2 heterocycles. The summed E-state index contributed by atoms with van der Waals surface area (Å²) in [6, 6.07) is 16.4. The average molecular weight is 386 g/mol. The predicted molar refractivity (Wildman–Crippen MR) is 109 cm³/mol. The second-order valence-corrected chi connectivity index (χ2v) is 6.54. The number of hydrogen-bond acceptors (Lipinski definition) is 5. The highest BCUT2D eigenvalue weighted by Gasteiger charge is 2.13. The van der Waals surface area contributed by atoms with Gasteiger partial charge in [0.1, 0.15) is 5.82 Å². The summed E-state index contributed by atoms with van der Waals surface area (Å²) in [5, 5.41) is 2.63. The highest BCUT2D eigenvalue weighted by Crippen LogP contribution is 2.22. The maximum Gasteiger partial charge on any atom is 0.338 e. The molecule has 0 bridgehead atoms. The first kappa shape index (κ1) is 18.4. The lowest BCUT2D eigenvalue weighted by Gasteiger charge is -2.06. The third-order valence-electron chi connectivity index (χ3n) is 4.34. The zero-order chi connectivity index (χ0) is 20.2. The van der Waals surface area contributed by atoms with Crippen molar-refractivity contribution in [2.24, 2.45) is 0 Å².